The fourth-order valence-corrected chi connectivity index (χ4v) is 4.62. The number of alkyl halides is 4. The smallest absolute Gasteiger partial charge is 0.236 e. The molecule has 0 saturated heterocycles. The van der Waals surface area contributed by atoms with Crippen LogP contribution >= 0.6 is 27.3 Å². The molecule has 0 fully saturated rings. The molecule has 0 amide bonds. The van der Waals surface area contributed by atoms with Crippen molar-refractivity contribution in [2.45, 2.75) is 12.6 Å². The monoisotopic (exact) mass is 461 g/mol. The maximum absolute atomic E-state index is 13.8. The molecule has 0 atom stereocenters. The topological polar surface area (TPSA) is 12.9 Å². The van der Waals surface area contributed by atoms with Gasteiger partial charge in [-0.25, -0.2) is 4.98 Å². The lowest BCUT2D eigenvalue weighted by Gasteiger charge is -2.14. The highest BCUT2D eigenvalue weighted by Crippen LogP contribution is 2.40. The summed E-state index contributed by atoms with van der Waals surface area (Å²) in [5.41, 5.74) is 2.54. The van der Waals surface area contributed by atoms with Crippen LogP contribution in [0.15, 0.2) is 66.7 Å². The van der Waals surface area contributed by atoms with E-state index in [2.05, 4.69) is 27.0 Å². The van der Waals surface area contributed by atoms with Crippen molar-refractivity contribution in [1.29, 1.82) is 0 Å². The summed E-state index contributed by atoms with van der Waals surface area (Å²) in [6.07, 6.45) is -3.55. The third-order valence-corrected chi connectivity index (χ3v) is 5.96. The van der Waals surface area contributed by atoms with Gasteiger partial charge in [-0.15, -0.1) is 11.3 Å². The Labute approximate surface area is 173 Å². The minimum absolute atomic E-state index is 0.178. The van der Waals surface area contributed by atoms with Crippen LogP contribution in [0.5, 0.6) is 0 Å². The molecule has 0 saturated carbocycles. The van der Waals surface area contributed by atoms with E-state index >= 15 is 0 Å². The third kappa shape index (κ3) is 3.84. The zero-order chi connectivity index (χ0) is 19.7. The summed E-state index contributed by atoms with van der Waals surface area (Å²) in [5, 5.41) is 1.45. The molecular formula is C22H15BrF3NS. The Morgan fingerprint density at radius 2 is 1.68 bits per heavy atom. The number of benzene rings is 3. The maximum atomic E-state index is 13.8. The SMILES string of the molecule is FC(F)(F)c1cc(-c2nc3ccc(CCBr)cc3s2)ccc1-c1ccccc1. The van der Waals surface area contributed by atoms with Gasteiger partial charge in [-0.2, -0.15) is 13.2 Å². The average molecular weight is 462 g/mol. The summed E-state index contributed by atoms with van der Waals surface area (Å²) >= 11 is 4.84. The molecule has 142 valence electrons. The Hall–Kier alpha value is -2.18. The van der Waals surface area contributed by atoms with Gasteiger partial charge in [0.2, 0.25) is 0 Å². The molecule has 28 heavy (non-hydrogen) atoms. The standard InChI is InChI=1S/C22H15BrF3NS/c23-11-10-14-6-9-19-20(12-14)28-21(27-19)16-7-8-17(15-4-2-1-3-5-15)18(13-16)22(24,25)26/h1-9,12-13H,10-11H2. The fourth-order valence-electron chi connectivity index (χ4n) is 3.14. The molecule has 0 aliphatic carbocycles. The lowest BCUT2D eigenvalue weighted by molar-refractivity contribution is -0.137. The number of nitrogens with zero attached hydrogens (tertiary/aromatic N) is 1. The first-order valence-electron chi connectivity index (χ1n) is 8.68. The van der Waals surface area contributed by atoms with Gasteiger partial charge in [0.05, 0.1) is 15.8 Å². The van der Waals surface area contributed by atoms with Crippen molar-refractivity contribution in [3.05, 3.63) is 77.9 Å². The summed E-state index contributed by atoms with van der Waals surface area (Å²) < 4.78 is 42.2. The Morgan fingerprint density at radius 3 is 2.39 bits per heavy atom. The van der Waals surface area contributed by atoms with Crippen LogP contribution in [0.25, 0.3) is 31.9 Å². The Morgan fingerprint density at radius 1 is 0.893 bits per heavy atom. The van der Waals surface area contributed by atoms with Gasteiger partial charge in [0.25, 0.3) is 0 Å². The number of rotatable bonds is 4. The maximum Gasteiger partial charge on any atom is 0.417 e. The molecule has 1 heterocycles. The minimum Gasteiger partial charge on any atom is -0.236 e. The first-order valence-corrected chi connectivity index (χ1v) is 10.6. The van der Waals surface area contributed by atoms with Gasteiger partial charge in [0.15, 0.2) is 0 Å². The first-order chi connectivity index (χ1) is 13.5. The van der Waals surface area contributed by atoms with Crippen molar-refractivity contribution in [3.8, 4) is 21.7 Å². The molecule has 4 rings (SSSR count). The number of halogens is 4. The highest BCUT2D eigenvalue weighted by atomic mass is 79.9. The highest BCUT2D eigenvalue weighted by molar-refractivity contribution is 9.09. The van der Waals surface area contributed by atoms with Crippen LogP contribution in [0.4, 0.5) is 13.2 Å². The van der Waals surface area contributed by atoms with Gasteiger partial charge in [0, 0.05) is 10.9 Å². The molecule has 6 heteroatoms. The summed E-state index contributed by atoms with van der Waals surface area (Å²) in [6.45, 7) is 0. The molecule has 0 N–H and O–H groups in total. The van der Waals surface area contributed by atoms with E-state index in [1.165, 1.54) is 29.0 Å². The van der Waals surface area contributed by atoms with Crippen LogP contribution in [-0.4, -0.2) is 10.3 Å². The van der Waals surface area contributed by atoms with E-state index in [4.69, 9.17) is 0 Å². The van der Waals surface area contributed by atoms with Crippen molar-refractivity contribution >= 4 is 37.5 Å². The normalized spacial score (nSPS) is 11.9. The number of fused-ring (bicyclic) bond motifs is 1. The quantitative estimate of drug-likeness (QED) is 0.285. The van der Waals surface area contributed by atoms with Crippen molar-refractivity contribution in [3.63, 3.8) is 0 Å². The van der Waals surface area contributed by atoms with Crippen LogP contribution in [-0.2, 0) is 12.6 Å². The molecule has 0 unspecified atom stereocenters. The number of hydrogen-bond acceptors (Lipinski definition) is 2. The van der Waals surface area contributed by atoms with Gasteiger partial charge in [-0.1, -0.05) is 64.5 Å². The second-order valence-corrected chi connectivity index (χ2v) is 8.21. The molecule has 0 radical (unpaired) electrons. The molecule has 1 nitrogen and oxygen atoms in total. The van der Waals surface area contributed by atoms with Gasteiger partial charge >= 0.3 is 6.18 Å². The lowest BCUT2D eigenvalue weighted by atomic mass is 9.97. The average Bonchev–Trinajstić information content (AvgIpc) is 3.11. The number of hydrogen-bond donors (Lipinski definition) is 0. The predicted molar refractivity (Wildman–Crippen MR) is 113 cm³/mol. The van der Waals surface area contributed by atoms with Crippen LogP contribution in [0.1, 0.15) is 11.1 Å². The second kappa shape index (κ2) is 7.68. The zero-order valence-corrected chi connectivity index (χ0v) is 17.0. The lowest BCUT2D eigenvalue weighted by Crippen LogP contribution is -2.07. The van der Waals surface area contributed by atoms with Gasteiger partial charge in [-0.3, -0.25) is 0 Å². The van der Waals surface area contributed by atoms with Crippen molar-refractivity contribution in [1.82, 2.24) is 4.98 Å². The Bertz CT molecular complexity index is 1120. The molecule has 3 aromatic carbocycles. The molecule has 0 aliphatic heterocycles. The van der Waals surface area contributed by atoms with E-state index in [-0.39, 0.29) is 5.56 Å². The van der Waals surface area contributed by atoms with Gasteiger partial charge < -0.3 is 0 Å². The summed E-state index contributed by atoms with van der Waals surface area (Å²) in [5.74, 6) is 0. The highest BCUT2D eigenvalue weighted by Gasteiger charge is 2.34. The summed E-state index contributed by atoms with van der Waals surface area (Å²) in [6, 6.07) is 19.1. The van der Waals surface area contributed by atoms with E-state index in [1.807, 2.05) is 12.1 Å². The van der Waals surface area contributed by atoms with E-state index in [0.29, 0.717) is 16.1 Å². The van der Waals surface area contributed by atoms with Crippen molar-refractivity contribution < 1.29 is 13.2 Å². The Balaban J connectivity index is 1.81. The number of thiazole rings is 1. The van der Waals surface area contributed by atoms with Gasteiger partial charge in [0.1, 0.15) is 5.01 Å². The van der Waals surface area contributed by atoms with E-state index in [1.54, 1.807) is 36.4 Å². The predicted octanol–water partition coefficient (Wildman–Crippen LogP) is 7.59. The molecule has 0 aliphatic rings. The number of aromatic nitrogens is 1. The van der Waals surface area contributed by atoms with Crippen LogP contribution in [0.3, 0.4) is 0 Å². The molecule has 0 spiro atoms. The molecule has 0 bridgehead atoms. The van der Waals surface area contributed by atoms with Crippen molar-refractivity contribution in [2.75, 3.05) is 5.33 Å². The third-order valence-electron chi connectivity index (χ3n) is 4.49. The van der Waals surface area contributed by atoms with E-state index in [9.17, 15) is 13.2 Å². The summed E-state index contributed by atoms with van der Waals surface area (Å²) in [7, 11) is 0. The van der Waals surface area contributed by atoms with Crippen LogP contribution in [0, 0.1) is 0 Å². The van der Waals surface area contributed by atoms with Crippen LogP contribution in [0.2, 0.25) is 0 Å². The molecular weight excluding hydrogens is 447 g/mol. The van der Waals surface area contributed by atoms with E-state index in [0.717, 1.165) is 22.0 Å². The Kier molecular flexibility index (Phi) is 5.25. The fraction of sp³-hybridized carbons (Fsp3) is 0.136. The number of aryl methyl sites for hydroxylation is 1. The minimum atomic E-state index is -4.44. The van der Waals surface area contributed by atoms with Crippen LogP contribution < -0.4 is 0 Å². The zero-order valence-electron chi connectivity index (χ0n) is 14.6. The first kappa shape index (κ1) is 19.2. The van der Waals surface area contributed by atoms with Crippen molar-refractivity contribution in [2.24, 2.45) is 0 Å². The summed E-state index contributed by atoms with van der Waals surface area (Å²) in [4.78, 5) is 4.55. The van der Waals surface area contributed by atoms with Gasteiger partial charge in [-0.05, 0) is 41.3 Å². The van der Waals surface area contributed by atoms with E-state index < -0.39 is 11.7 Å². The second-order valence-electron chi connectivity index (χ2n) is 6.38. The largest absolute Gasteiger partial charge is 0.417 e. The molecule has 1 aromatic heterocycles. The molecule has 4 aromatic rings.